The number of rotatable bonds is 8. The molecule has 1 heterocycles. The molecule has 1 aliphatic carbocycles. The molecule has 1 aliphatic rings. The van der Waals surface area contributed by atoms with Gasteiger partial charge in [-0.15, -0.1) is 0 Å². The third-order valence-electron chi connectivity index (χ3n) is 3.27. The average molecular weight is 328 g/mol. The second-order valence-corrected chi connectivity index (χ2v) is 5.98. The molecule has 0 saturated heterocycles. The Hall–Kier alpha value is -0.650. The Bertz CT molecular complexity index is 410. The van der Waals surface area contributed by atoms with Gasteiger partial charge in [0.2, 0.25) is 0 Å². The Kier molecular flexibility index (Phi) is 5.60. The topological polar surface area (TPSA) is 37.4 Å². The Balaban J connectivity index is 1.99. The number of nitrogens with one attached hydrogen (secondary N) is 1. The first-order chi connectivity index (χ1) is 9.20. The molecule has 5 heteroatoms. The second-order valence-electron chi connectivity index (χ2n) is 5.06. The number of pyridine rings is 1. The number of hydrogen-bond donors (Lipinski definition) is 1. The molecule has 2 rings (SSSR count). The van der Waals surface area contributed by atoms with Gasteiger partial charge < -0.3 is 15.0 Å². The summed E-state index contributed by atoms with van der Waals surface area (Å²) in [5.74, 6) is 1.06. The summed E-state index contributed by atoms with van der Waals surface area (Å²) in [5.41, 5.74) is 1.25. The van der Waals surface area contributed by atoms with Gasteiger partial charge in [-0.05, 0) is 41.3 Å². The van der Waals surface area contributed by atoms with Gasteiger partial charge in [-0.1, -0.05) is 0 Å². The molecular formula is C14H22BrN3O. The van der Waals surface area contributed by atoms with Crippen LogP contribution < -0.4 is 10.2 Å². The molecule has 1 fully saturated rings. The predicted octanol–water partition coefficient (Wildman–Crippen LogP) is 2.57. The van der Waals surface area contributed by atoms with Crippen LogP contribution in [0.15, 0.2) is 16.7 Å². The summed E-state index contributed by atoms with van der Waals surface area (Å²) in [6.07, 6.45) is 5.49. The van der Waals surface area contributed by atoms with Crippen molar-refractivity contribution in [3.8, 4) is 0 Å². The third-order valence-corrected chi connectivity index (χ3v) is 3.71. The van der Waals surface area contributed by atoms with Crippen molar-refractivity contribution >= 4 is 21.7 Å². The van der Waals surface area contributed by atoms with Crippen LogP contribution in [0.4, 0.5) is 5.82 Å². The van der Waals surface area contributed by atoms with E-state index in [9.17, 15) is 0 Å². The number of hydrogen-bond acceptors (Lipinski definition) is 4. The fourth-order valence-electron chi connectivity index (χ4n) is 2.04. The average Bonchev–Trinajstić information content (AvgIpc) is 3.20. The summed E-state index contributed by atoms with van der Waals surface area (Å²) in [6.45, 7) is 2.64. The van der Waals surface area contributed by atoms with Crippen molar-refractivity contribution in [3.05, 3.63) is 22.3 Å². The summed E-state index contributed by atoms with van der Waals surface area (Å²) in [5, 5.41) is 3.55. The summed E-state index contributed by atoms with van der Waals surface area (Å²) in [6, 6.07) is 2.87. The van der Waals surface area contributed by atoms with Gasteiger partial charge in [0.1, 0.15) is 5.82 Å². The standard InChI is InChI=1S/C14H22BrN3O/c1-18(6-3-7-19-2)14-11(8-12(15)10-17-14)9-16-13-4-5-13/h8,10,13,16H,3-7,9H2,1-2H3. The molecule has 0 atom stereocenters. The van der Waals surface area contributed by atoms with Crippen LogP contribution in [0.2, 0.25) is 0 Å². The Morgan fingerprint density at radius 1 is 1.53 bits per heavy atom. The molecule has 0 radical (unpaired) electrons. The first kappa shape index (κ1) is 14.8. The van der Waals surface area contributed by atoms with Crippen LogP contribution in [0.5, 0.6) is 0 Å². The molecule has 0 aromatic carbocycles. The molecule has 0 amide bonds. The largest absolute Gasteiger partial charge is 0.385 e. The van der Waals surface area contributed by atoms with Gasteiger partial charge in [0.05, 0.1) is 0 Å². The minimum absolute atomic E-state index is 0.714. The van der Waals surface area contributed by atoms with Gasteiger partial charge in [-0.3, -0.25) is 0 Å². The summed E-state index contributed by atoms with van der Waals surface area (Å²) in [7, 11) is 3.83. The van der Waals surface area contributed by atoms with Crippen LogP contribution >= 0.6 is 15.9 Å². The molecule has 0 aliphatic heterocycles. The van der Waals surface area contributed by atoms with Gasteiger partial charge in [-0.25, -0.2) is 4.98 Å². The molecule has 1 saturated carbocycles. The fourth-order valence-corrected chi connectivity index (χ4v) is 2.42. The van der Waals surface area contributed by atoms with Crippen molar-refractivity contribution in [2.75, 3.05) is 32.2 Å². The molecule has 1 N–H and O–H groups in total. The van der Waals surface area contributed by atoms with Crippen LogP contribution in [0.25, 0.3) is 0 Å². The molecule has 0 bridgehead atoms. The van der Waals surface area contributed by atoms with Crippen molar-refractivity contribution in [2.45, 2.75) is 31.8 Å². The first-order valence-electron chi connectivity index (χ1n) is 6.78. The van der Waals surface area contributed by atoms with E-state index in [1.165, 1.54) is 18.4 Å². The normalized spacial score (nSPS) is 14.7. The highest BCUT2D eigenvalue weighted by atomic mass is 79.9. The number of ether oxygens (including phenoxy) is 1. The van der Waals surface area contributed by atoms with Crippen molar-refractivity contribution in [3.63, 3.8) is 0 Å². The SMILES string of the molecule is COCCCN(C)c1ncc(Br)cc1CNC1CC1. The Labute approximate surface area is 123 Å². The zero-order valence-electron chi connectivity index (χ0n) is 11.7. The van der Waals surface area contributed by atoms with E-state index in [0.717, 1.165) is 36.4 Å². The molecule has 19 heavy (non-hydrogen) atoms. The number of nitrogens with zero attached hydrogens (tertiary/aromatic N) is 2. The van der Waals surface area contributed by atoms with Gasteiger partial charge in [0.15, 0.2) is 0 Å². The third kappa shape index (κ3) is 4.75. The van der Waals surface area contributed by atoms with E-state index in [1.54, 1.807) is 7.11 Å². The molecule has 1 aromatic rings. The zero-order valence-corrected chi connectivity index (χ0v) is 13.2. The van der Waals surface area contributed by atoms with E-state index in [1.807, 2.05) is 6.20 Å². The maximum absolute atomic E-state index is 5.10. The molecule has 1 aromatic heterocycles. The van der Waals surface area contributed by atoms with Crippen LogP contribution in [-0.4, -0.2) is 38.3 Å². The lowest BCUT2D eigenvalue weighted by molar-refractivity contribution is 0.196. The highest BCUT2D eigenvalue weighted by molar-refractivity contribution is 9.10. The minimum atomic E-state index is 0.714. The van der Waals surface area contributed by atoms with E-state index in [4.69, 9.17) is 4.74 Å². The molecular weight excluding hydrogens is 306 g/mol. The maximum atomic E-state index is 5.10. The number of anilines is 1. The van der Waals surface area contributed by atoms with Crippen molar-refractivity contribution in [1.82, 2.24) is 10.3 Å². The smallest absolute Gasteiger partial charge is 0.132 e. The summed E-state index contributed by atoms with van der Waals surface area (Å²) >= 11 is 3.50. The predicted molar refractivity (Wildman–Crippen MR) is 81.6 cm³/mol. The van der Waals surface area contributed by atoms with E-state index < -0.39 is 0 Å². The van der Waals surface area contributed by atoms with Crippen molar-refractivity contribution in [1.29, 1.82) is 0 Å². The summed E-state index contributed by atoms with van der Waals surface area (Å²) < 4.78 is 6.13. The van der Waals surface area contributed by atoms with E-state index in [-0.39, 0.29) is 0 Å². The van der Waals surface area contributed by atoms with Crippen LogP contribution in [0.1, 0.15) is 24.8 Å². The van der Waals surface area contributed by atoms with Gasteiger partial charge in [0.25, 0.3) is 0 Å². The number of methoxy groups -OCH3 is 1. The lowest BCUT2D eigenvalue weighted by Gasteiger charge is -2.21. The first-order valence-corrected chi connectivity index (χ1v) is 7.58. The van der Waals surface area contributed by atoms with Crippen LogP contribution in [-0.2, 0) is 11.3 Å². The van der Waals surface area contributed by atoms with Gasteiger partial charge in [-0.2, -0.15) is 0 Å². The number of halogens is 1. The lowest BCUT2D eigenvalue weighted by atomic mass is 10.2. The molecule has 0 spiro atoms. The monoisotopic (exact) mass is 327 g/mol. The highest BCUT2D eigenvalue weighted by Gasteiger charge is 2.21. The van der Waals surface area contributed by atoms with Crippen LogP contribution in [0.3, 0.4) is 0 Å². The fraction of sp³-hybridized carbons (Fsp3) is 0.643. The molecule has 4 nitrogen and oxygen atoms in total. The van der Waals surface area contributed by atoms with Gasteiger partial charge in [0, 0.05) is 56.1 Å². The van der Waals surface area contributed by atoms with E-state index >= 15 is 0 Å². The lowest BCUT2D eigenvalue weighted by Crippen LogP contribution is -2.24. The molecule has 0 unspecified atom stereocenters. The van der Waals surface area contributed by atoms with Crippen molar-refractivity contribution in [2.24, 2.45) is 0 Å². The van der Waals surface area contributed by atoms with E-state index in [0.29, 0.717) is 6.04 Å². The van der Waals surface area contributed by atoms with Crippen LogP contribution in [0, 0.1) is 0 Å². The minimum Gasteiger partial charge on any atom is -0.385 e. The second kappa shape index (κ2) is 7.22. The zero-order chi connectivity index (χ0) is 13.7. The number of aromatic nitrogens is 1. The molecule has 106 valence electrons. The highest BCUT2D eigenvalue weighted by Crippen LogP contribution is 2.24. The maximum Gasteiger partial charge on any atom is 0.132 e. The summed E-state index contributed by atoms with van der Waals surface area (Å²) in [4.78, 5) is 6.76. The Morgan fingerprint density at radius 2 is 2.32 bits per heavy atom. The van der Waals surface area contributed by atoms with E-state index in [2.05, 4.69) is 44.2 Å². The van der Waals surface area contributed by atoms with Crippen molar-refractivity contribution < 1.29 is 4.74 Å². The van der Waals surface area contributed by atoms with Gasteiger partial charge >= 0.3 is 0 Å². The Morgan fingerprint density at radius 3 is 3.00 bits per heavy atom. The quantitative estimate of drug-likeness (QED) is 0.745.